The SMILES string of the molecule is C=C(C)Cn1c(NN=Cc2ccc([N+](=O)[O-])cc2)nc2c1c(=O)n(C)c(=O)n2C. The quantitative estimate of drug-likeness (QED) is 0.289. The van der Waals surface area contributed by atoms with Crippen LogP contribution in [-0.2, 0) is 20.6 Å². The van der Waals surface area contributed by atoms with Gasteiger partial charge in [-0.25, -0.2) is 10.2 Å². The first-order chi connectivity index (χ1) is 13.7. The lowest BCUT2D eigenvalue weighted by molar-refractivity contribution is -0.384. The summed E-state index contributed by atoms with van der Waals surface area (Å²) < 4.78 is 3.91. The van der Waals surface area contributed by atoms with Gasteiger partial charge in [-0.1, -0.05) is 12.2 Å². The van der Waals surface area contributed by atoms with Crippen molar-refractivity contribution in [1.82, 2.24) is 18.7 Å². The van der Waals surface area contributed by atoms with Crippen LogP contribution in [-0.4, -0.2) is 29.8 Å². The first-order valence-corrected chi connectivity index (χ1v) is 8.55. The number of aromatic nitrogens is 4. The number of nitrogens with one attached hydrogen (secondary N) is 1. The maximum Gasteiger partial charge on any atom is 0.332 e. The molecule has 0 aliphatic rings. The third-order valence-electron chi connectivity index (χ3n) is 4.26. The maximum atomic E-state index is 12.6. The Morgan fingerprint density at radius 2 is 1.93 bits per heavy atom. The molecule has 1 aromatic carbocycles. The van der Waals surface area contributed by atoms with Gasteiger partial charge in [0.15, 0.2) is 11.2 Å². The Morgan fingerprint density at radius 1 is 1.28 bits per heavy atom. The van der Waals surface area contributed by atoms with Crippen molar-refractivity contribution in [2.45, 2.75) is 13.5 Å². The number of non-ortho nitro benzene ring substituents is 1. The minimum atomic E-state index is -0.483. The highest BCUT2D eigenvalue weighted by atomic mass is 16.6. The number of nitro groups is 1. The van der Waals surface area contributed by atoms with Crippen LogP contribution in [0.15, 0.2) is 51.1 Å². The number of benzene rings is 1. The summed E-state index contributed by atoms with van der Waals surface area (Å²) in [5.41, 5.74) is 3.70. The van der Waals surface area contributed by atoms with Crippen LogP contribution in [0.2, 0.25) is 0 Å². The van der Waals surface area contributed by atoms with E-state index in [2.05, 4.69) is 22.1 Å². The standard InChI is InChI=1S/C18H19N7O4/c1-11(2)10-24-14-15(22(3)18(27)23(4)16(14)26)20-17(24)21-19-9-12-5-7-13(8-6-12)25(28)29/h5-9H,1,10H2,2-4H3,(H,20,21). The second-order valence-corrected chi connectivity index (χ2v) is 6.58. The summed E-state index contributed by atoms with van der Waals surface area (Å²) in [4.78, 5) is 39.4. The van der Waals surface area contributed by atoms with Crippen LogP contribution in [0.4, 0.5) is 11.6 Å². The number of rotatable bonds is 6. The number of nitrogens with zero attached hydrogens (tertiary/aromatic N) is 6. The molecule has 11 heteroatoms. The van der Waals surface area contributed by atoms with Crippen LogP contribution in [0.5, 0.6) is 0 Å². The van der Waals surface area contributed by atoms with E-state index in [1.165, 1.54) is 37.0 Å². The summed E-state index contributed by atoms with van der Waals surface area (Å²) in [6.45, 7) is 5.99. The topological polar surface area (TPSA) is 129 Å². The van der Waals surface area contributed by atoms with Gasteiger partial charge in [-0.05, 0) is 24.6 Å². The van der Waals surface area contributed by atoms with E-state index in [9.17, 15) is 19.7 Å². The van der Waals surface area contributed by atoms with E-state index in [1.54, 1.807) is 16.7 Å². The van der Waals surface area contributed by atoms with E-state index in [1.807, 2.05) is 6.92 Å². The first-order valence-electron chi connectivity index (χ1n) is 8.55. The lowest BCUT2D eigenvalue weighted by Gasteiger charge is -2.08. The van der Waals surface area contributed by atoms with Crippen LogP contribution >= 0.6 is 0 Å². The van der Waals surface area contributed by atoms with Gasteiger partial charge in [-0.3, -0.25) is 28.6 Å². The number of imidazole rings is 1. The molecule has 0 radical (unpaired) electrons. The smallest absolute Gasteiger partial charge is 0.299 e. The van der Waals surface area contributed by atoms with Crippen molar-refractivity contribution in [2.75, 3.05) is 5.43 Å². The predicted molar refractivity (Wildman–Crippen MR) is 109 cm³/mol. The molecule has 1 N–H and O–H groups in total. The summed E-state index contributed by atoms with van der Waals surface area (Å²) in [7, 11) is 2.94. The predicted octanol–water partition coefficient (Wildman–Crippen LogP) is 1.36. The zero-order chi connectivity index (χ0) is 21.3. The fourth-order valence-corrected chi connectivity index (χ4v) is 2.80. The lowest BCUT2D eigenvalue weighted by atomic mass is 10.2. The Bertz CT molecular complexity index is 1260. The second-order valence-electron chi connectivity index (χ2n) is 6.58. The van der Waals surface area contributed by atoms with Crippen molar-refractivity contribution in [1.29, 1.82) is 0 Å². The average Bonchev–Trinajstić information content (AvgIpc) is 3.03. The van der Waals surface area contributed by atoms with Crippen molar-refractivity contribution >= 4 is 29.0 Å². The van der Waals surface area contributed by atoms with Gasteiger partial charge in [0.1, 0.15) is 0 Å². The van der Waals surface area contributed by atoms with Crippen LogP contribution in [0.3, 0.4) is 0 Å². The summed E-state index contributed by atoms with van der Waals surface area (Å²) in [6, 6.07) is 5.85. The molecule has 0 spiro atoms. The number of hydrazone groups is 1. The number of anilines is 1. The molecule has 11 nitrogen and oxygen atoms in total. The van der Waals surface area contributed by atoms with Gasteiger partial charge < -0.3 is 0 Å². The minimum Gasteiger partial charge on any atom is -0.299 e. The monoisotopic (exact) mass is 397 g/mol. The fraction of sp³-hybridized carbons (Fsp3) is 0.222. The Kier molecular flexibility index (Phi) is 5.13. The molecule has 0 unspecified atom stereocenters. The molecule has 2 aromatic heterocycles. The minimum absolute atomic E-state index is 0.0184. The van der Waals surface area contributed by atoms with E-state index in [0.29, 0.717) is 12.1 Å². The number of allylic oxidation sites excluding steroid dienone is 1. The maximum absolute atomic E-state index is 12.6. The van der Waals surface area contributed by atoms with Gasteiger partial charge in [0.2, 0.25) is 5.95 Å². The zero-order valence-corrected chi connectivity index (χ0v) is 16.1. The average molecular weight is 397 g/mol. The van der Waals surface area contributed by atoms with Crippen LogP contribution in [0, 0.1) is 10.1 Å². The molecule has 0 atom stereocenters. The first kappa shape index (κ1) is 19.7. The largest absolute Gasteiger partial charge is 0.332 e. The van der Waals surface area contributed by atoms with Gasteiger partial charge in [-0.15, -0.1) is 0 Å². The fourth-order valence-electron chi connectivity index (χ4n) is 2.80. The van der Waals surface area contributed by atoms with E-state index in [0.717, 1.165) is 10.1 Å². The van der Waals surface area contributed by atoms with Gasteiger partial charge in [0, 0.05) is 32.8 Å². The molecule has 150 valence electrons. The number of hydrogen-bond acceptors (Lipinski definition) is 7. The molecule has 29 heavy (non-hydrogen) atoms. The van der Waals surface area contributed by atoms with Crippen molar-refractivity contribution < 1.29 is 4.92 Å². The second kappa shape index (κ2) is 7.54. The normalized spacial score (nSPS) is 11.3. The van der Waals surface area contributed by atoms with Gasteiger partial charge >= 0.3 is 5.69 Å². The van der Waals surface area contributed by atoms with Crippen molar-refractivity contribution in [3.05, 3.63) is 72.9 Å². The Balaban J connectivity index is 2.02. The molecule has 0 aliphatic carbocycles. The van der Waals surface area contributed by atoms with Gasteiger partial charge in [-0.2, -0.15) is 10.1 Å². The summed E-state index contributed by atoms with van der Waals surface area (Å²) >= 11 is 0. The summed E-state index contributed by atoms with van der Waals surface area (Å²) in [5, 5.41) is 14.8. The van der Waals surface area contributed by atoms with Crippen LogP contribution < -0.4 is 16.7 Å². The molecule has 0 bridgehead atoms. The van der Waals surface area contributed by atoms with Crippen molar-refractivity contribution in [3.8, 4) is 0 Å². The lowest BCUT2D eigenvalue weighted by Crippen LogP contribution is -2.37. The van der Waals surface area contributed by atoms with Crippen LogP contribution in [0.1, 0.15) is 12.5 Å². The Labute approximate surface area is 164 Å². The van der Waals surface area contributed by atoms with Crippen molar-refractivity contribution in [3.63, 3.8) is 0 Å². The molecule has 0 aliphatic heterocycles. The molecule has 0 fully saturated rings. The zero-order valence-electron chi connectivity index (χ0n) is 16.1. The molecule has 2 heterocycles. The summed E-state index contributed by atoms with van der Waals surface area (Å²) in [5.74, 6) is 0.263. The molecule has 3 aromatic rings. The number of aryl methyl sites for hydroxylation is 1. The third kappa shape index (κ3) is 3.70. The molecule has 0 saturated carbocycles. The van der Waals surface area contributed by atoms with Gasteiger partial charge in [0.25, 0.3) is 11.2 Å². The highest BCUT2D eigenvalue weighted by molar-refractivity contribution is 5.81. The van der Waals surface area contributed by atoms with E-state index >= 15 is 0 Å². The Morgan fingerprint density at radius 3 is 2.52 bits per heavy atom. The molecular formula is C18H19N7O4. The van der Waals surface area contributed by atoms with E-state index in [4.69, 9.17) is 0 Å². The third-order valence-corrected chi connectivity index (χ3v) is 4.26. The number of fused-ring (bicyclic) bond motifs is 1. The summed E-state index contributed by atoms with van der Waals surface area (Å²) in [6.07, 6.45) is 1.46. The number of hydrogen-bond donors (Lipinski definition) is 1. The Hall–Kier alpha value is -4.02. The number of nitro benzene ring substituents is 1. The molecule has 0 saturated heterocycles. The highest BCUT2D eigenvalue weighted by Crippen LogP contribution is 2.17. The van der Waals surface area contributed by atoms with Crippen molar-refractivity contribution in [2.24, 2.45) is 19.2 Å². The van der Waals surface area contributed by atoms with E-state index < -0.39 is 16.2 Å². The van der Waals surface area contributed by atoms with E-state index in [-0.39, 0.29) is 22.8 Å². The highest BCUT2D eigenvalue weighted by Gasteiger charge is 2.18. The molecule has 0 amide bonds. The molecule has 3 rings (SSSR count). The van der Waals surface area contributed by atoms with Crippen LogP contribution in [0.25, 0.3) is 11.2 Å². The van der Waals surface area contributed by atoms with Gasteiger partial charge in [0.05, 0.1) is 11.1 Å². The molecular weight excluding hydrogens is 378 g/mol.